The quantitative estimate of drug-likeness (QED) is 0.568. The zero-order valence-corrected chi connectivity index (χ0v) is 8.34. The van der Waals surface area contributed by atoms with E-state index >= 15 is 0 Å². The standard InChI is InChI=1S/C8H8ClI/c9-8(6-10)7-4-2-1-3-5-7/h1-5,8H,6H2/t8-/m0/s1. The third-order valence-corrected chi connectivity index (χ3v) is 3.10. The van der Waals surface area contributed by atoms with E-state index in [1.807, 2.05) is 18.2 Å². The molecule has 0 fully saturated rings. The second-order valence-electron chi connectivity index (χ2n) is 2.03. The topological polar surface area (TPSA) is 0 Å². The Bertz CT molecular complexity index is 186. The molecule has 0 aromatic heterocycles. The molecule has 0 heterocycles. The molecule has 1 aromatic carbocycles. The lowest BCUT2D eigenvalue weighted by molar-refractivity contribution is 1.12. The summed E-state index contributed by atoms with van der Waals surface area (Å²) in [5, 5.41) is 0.168. The van der Waals surface area contributed by atoms with Crippen LogP contribution in [-0.2, 0) is 0 Å². The van der Waals surface area contributed by atoms with E-state index < -0.39 is 0 Å². The first-order valence-corrected chi connectivity index (χ1v) is 5.06. The van der Waals surface area contributed by atoms with Gasteiger partial charge in [-0.05, 0) is 5.56 Å². The molecule has 0 N–H and O–H groups in total. The number of alkyl halides is 2. The number of rotatable bonds is 2. The second-order valence-corrected chi connectivity index (χ2v) is 3.44. The van der Waals surface area contributed by atoms with Crippen LogP contribution in [0.5, 0.6) is 0 Å². The van der Waals surface area contributed by atoms with Crippen molar-refractivity contribution in [3.8, 4) is 0 Å². The van der Waals surface area contributed by atoms with Gasteiger partial charge in [0.15, 0.2) is 0 Å². The van der Waals surface area contributed by atoms with Gasteiger partial charge in [0, 0.05) is 4.43 Å². The Hall–Kier alpha value is 0.240. The smallest absolute Gasteiger partial charge is 0.0674 e. The average Bonchev–Trinajstić information content (AvgIpc) is 2.05. The van der Waals surface area contributed by atoms with Crippen LogP contribution in [0.15, 0.2) is 30.3 Å². The number of hydrogen-bond donors (Lipinski definition) is 0. The zero-order valence-electron chi connectivity index (χ0n) is 5.43. The van der Waals surface area contributed by atoms with Gasteiger partial charge in [-0.25, -0.2) is 0 Å². The zero-order chi connectivity index (χ0) is 7.40. The molecule has 0 aliphatic carbocycles. The monoisotopic (exact) mass is 266 g/mol. The minimum Gasteiger partial charge on any atom is -0.117 e. The summed E-state index contributed by atoms with van der Waals surface area (Å²) in [5.41, 5.74) is 1.21. The Kier molecular flexibility index (Phi) is 3.49. The minimum atomic E-state index is 0.168. The lowest BCUT2D eigenvalue weighted by atomic mass is 10.2. The molecule has 1 atom stereocenters. The van der Waals surface area contributed by atoms with Crippen molar-refractivity contribution >= 4 is 34.2 Å². The van der Waals surface area contributed by atoms with Crippen molar-refractivity contribution in [1.29, 1.82) is 0 Å². The summed E-state index contributed by atoms with van der Waals surface area (Å²) in [6.07, 6.45) is 0. The van der Waals surface area contributed by atoms with Crippen molar-refractivity contribution < 1.29 is 0 Å². The largest absolute Gasteiger partial charge is 0.117 e. The summed E-state index contributed by atoms with van der Waals surface area (Å²) in [5.74, 6) is 0. The van der Waals surface area contributed by atoms with Crippen LogP contribution in [0.4, 0.5) is 0 Å². The van der Waals surface area contributed by atoms with E-state index in [0.29, 0.717) is 0 Å². The van der Waals surface area contributed by atoms with Crippen LogP contribution in [0.25, 0.3) is 0 Å². The van der Waals surface area contributed by atoms with E-state index in [2.05, 4.69) is 34.7 Å². The van der Waals surface area contributed by atoms with Gasteiger partial charge in [-0.1, -0.05) is 52.9 Å². The predicted octanol–water partition coefficient (Wildman–Crippen LogP) is 3.40. The van der Waals surface area contributed by atoms with E-state index in [9.17, 15) is 0 Å². The van der Waals surface area contributed by atoms with Crippen LogP contribution in [0.2, 0.25) is 0 Å². The van der Waals surface area contributed by atoms with Gasteiger partial charge in [0.05, 0.1) is 5.38 Å². The summed E-state index contributed by atoms with van der Waals surface area (Å²) < 4.78 is 0.962. The maximum Gasteiger partial charge on any atom is 0.0674 e. The van der Waals surface area contributed by atoms with Crippen molar-refractivity contribution in [3.05, 3.63) is 35.9 Å². The predicted molar refractivity (Wildman–Crippen MR) is 53.9 cm³/mol. The molecule has 0 nitrogen and oxygen atoms in total. The summed E-state index contributed by atoms with van der Waals surface area (Å²) in [6.45, 7) is 0. The van der Waals surface area contributed by atoms with Crippen LogP contribution in [-0.4, -0.2) is 4.43 Å². The van der Waals surface area contributed by atoms with E-state index in [1.54, 1.807) is 0 Å². The Morgan fingerprint density at radius 2 is 1.90 bits per heavy atom. The molecule has 0 saturated heterocycles. The Morgan fingerprint density at radius 1 is 1.30 bits per heavy atom. The maximum atomic E-state index is 5.98. The second kappa shape index (κ2) is 4.19. The van der Waals surface area contributed by atoms with Crippen LogP contribution in [0.3, 0.4) is 0 Å². The third-order valence-electron chi connectivity index (χ3n) is 1.30. The SMILES string of the molecule is Cl[C@@H](CI)c1ccccc1. The summed E-state index contributed by atoms with van der Waals surface area (Å²) in [7, 11) is 0. The summed E-state index contributed by atoms with van der Waals surface area (Å²) in [6, 6.07) is 10.1. The number of benzene rings is 1. The fourth-order valence-corrected chi connectivity index (χ4v) is 1.40. The lowest BCUT2D eigenvalue weighted by Gasteiger charge is -2.03. The van der Waals surface area contributed by atoms with Gasteiger partial charge in [-0.3, -0.25) is 0 Å². The van der Waals surface area contributed by atoms with E-state index in [1.165, 1.54) is 5.56 Å². The van der Waals surface area contributed by atoms with Crippen molar-refractivity contribution in [2.45, 2.75) is 5.38 Å². The fourth-order valence-electron chi connectivity index (χ4n) is 0.751. The van der Waals surface area contributed by atoms with Gasteiger partial charge in [0.1, 0.15) is 0 Å². The van der Waals surface area contributed by atoms with Gasteiger partial charge < -0.3 is 0 Å². The molecular formula is C8H8ClI. The summed E-state index contributed by atoms with van der Waals surface area (Å²) in [4.78, 5) is 0. The molecule has 0 aliphatic rings. The van der Waals surface area contributed by atoms with Gasteiger partial charge >= 0.3 is 0 Å². The van der Waals surface area contributed by atoms with Gasteiger partial charge in [0.25, 0.3) is 0 Å². The average molecular weight is 267 g/mol. The Balaban J connectivity index is 2.75. The molecule has 0 aliphatic heterocycles. The normalized spacial score (nSPS) is 13.0. The van der Waals surface area contributed by atoms with E-state index in [-0.39, 0.29) is 5.38 Å². The van der Waals surface area contributed by atoms with Crippen LogP contribution in [0.1, 0.15) is 10.9 Å². The molecule has 0 saturated carbocycles. The molecule has 0 amide bonds. The fraction of sp³-hybridized carbons (Fsp3) is 0.250. The number of hydrogen-bond acceptors (Lipinski definition) is 0. The first-order chi connectivity index (χ1) is 4.84. The molecule has 1 rings (SSSR count). The van der Waals surface area contributed by atoms with Gasteiger partial charge in [-0.2, -0.15) is 0 Å². The highest BCUT2D eigenvalue weighted by Gasteiger charge is 2.02. The van der Waals surface area contributed by atoms with Crippen molar-refractivity contribution in [2.24, 2.45) is 0 Å². The highest BCUT2D eigenvalue weighted by molar-refractivity contribution is 14.1. The van der Waals surface area contributed by atoms with E-state index in [0.717, 1.165) is 4.43 Å². The highest BCUT2D eigenvalue weighted by atomic mass is 127. The molecule has 0 radical (unpaired) electrons. The first kappa shape index (κ1) is 8.34. The van der Waals surface area contributed by atoms with Crippen molar-refractivity contribution in [3.63, 3.8) is 0 Å². The minimum absolute atomic E-state index is 0.168. The molecule has 1 aromatic rings. The molecular weight excluding hydrogens is 258 g/mol. The first-order valence-electron chi connectivity index (χ1n) is 3.09. The molecule has 54 valence electrons. The molecule has 10 heavy (non-hydrogen) atoms. The molecule has 0 bridgehead atoms. The Labute approximate surface area is 79.7 Å². The van der Waals surface area contributed by atoms with Gasteiger partial charge in [-0.15, -0.1) is 11.6 Å². The molecule has 0 unspecified atom stereocenters. The van der Waals surface area contributed by atoms with Crippen molar-refractivity contribution in [2.75, 3.05) is 4.43 Å². The van der Waals surface area contributed by atoms with Crippen LogP contribution < -0.4 is 0 Å². The molecule has 2 heteroatoms. The van der Waals surface area contributed by atoms with Crippen LogP contribution >= 0.6 is 34.2 Å². The Morgan fingerprint density at radius 3 is 2.40 bits per heavy atom. The summed E-state index contributed by atoms with van der Waals surface area (Å²) >= 11 is 8.27. The van der Waals surface area contributed by atoms with Crippen LogP contribution in [0, 0.1) is 0 Å². The lowest BCUT2D eigenvalue weighted by Crippen LogP contribution is -1.88. The maximum absolute atomic E-state index is 5.98. The number of halogens is 2. The van der Waals surface area contributed by atoms with Gasteiger partial charge in [0.2, 0.25) is 0 Å². The molecule has 0 spiro atoms. The van der Waals surface area contributed by atoms with E-state index in [4.69, 9.17) is 11.6 Å². The van der Waals surface area contributed by atoms with Crippen molar-refractivity contribution in [1.82, 2.24) is 0 Å². The highest BCUT2D eigenvalue weighted by Crippen LogP contribution is 2.21. The third kappa shape index (κ3) is 2.13.